The SMILES string of the molecule is CCC(C)N(C)C(=O)N[C@H](C(=O)O)C(C)C. The highest BCUT2D eigenvalue weighted by Crippen LogP contribution is 2.05. The lowest BCUT2D eigenvalue weighted by molar-refractivity contribution is -0.140. The summed E-state index contributed by atoms with van der Waals surface area (Å²) < 4.78 is 0. The number of hydrogen-bond acceptors (Lipinski definition) is 2. The number of hydrogen-bond donors (Lipinski definition) is 2. The molecule has 94 valence electrons. The van der Waals surface area contributed by atoms with E-state index in [9.17, 15) is 9.59 Å². The van der Waals surface area contributed by atoms with E-state index < -0.39 is 12.0 Å². The minimum Gasteiger partial charge on any atom is -0.480 e. The number of carboxylic acids is 1. The molecule has 2 atom stereocenters. The molecule has 0 aromatic heterocycles. The Kier molecular flexibility index (Phi) is 5.85. The molecule has 0 saturated heterocycles. The van der Waals surface area contributed by atoms with Crippen molar-refractivity contribution in [3.05, 3.63) is 0 Å². The molecule has 2 N–H and O–H groups in total. The molecule has 5 heteroatoms. The Morgan fingerprint density at radius 1 is 1.31 bits per heavy atom. The van der Waals surface area contributed by atoms with Gasteiger partial charge < -0.3 is 15.3 Å². The van der Waals surface area contributed by atoms with Crippen LogP contribution in [0.3, 0.4) is 0 Å². The van der Waals surface area contributed by atoms with Gasteiger partial charge in [0.05, 0.1) is 0 Å². The summed E-state index contributed by atoms with van der Waals surface area (Å²) in [7, 11) is 1.67. The van der Waals surface area contributed by atoms with Gasteiger partial charge in [-0.25, -0.2) is 9.59 Å². The largest absolute Gasteiger partial charge is 0.480 e. The van der Waals surface area contributed by atoms with Crippen LogP contribution in [0.1, 0.15) is 34.1 Å². The van der Waals surface area contributed by atoms with Gasteiger partial charge in [-0.1, -0.05) is 20.8 Å². The molecule has 0 radical (unpaired) electrons. The van der Waals surface area contributed by atoms with Crippen LogP contribution in [0.4, 0.5) is 4.79 Å². The average molecular weight is 230 g/mol. The predicted molar refractivity (Wildman–Crippen MR) is 62.3 cm³/mol. The number of nitrogens with zero attached hydrogens (tertiary/aromatic N) is 1. The number of carbonyl (C=O) groups is 2. The van der Waals surface area contributed by atoms with Crippen LogP contribution >= 0.6 is 0 Å². The molecule has 0 aliphatic heterocycles. The maximum atomic E-state index is 11.7. The van der Waals surface area contributed by atoms with Gasteiger partial charge in [-0.15, -0.1) is 0 Å². The molecule has 0 aromatic carbocycles. The molecular weight excluding hydrogens is 208 g/mol. The zero-order valence-corrected chi connectivity index (χ0v) is 10.7. The summed E-state index contributed by atoms with van der Waals surface area (Å²) in [5, 5.41) is 11.5. The molecule has 0 aliphatic rings. The van der Waals surface area contributed by atoms with E-state index in [1.807, 2.05) is 13.8 Å². The summed E-state index contributed by atoms with van der Waals surface area (Å²) >= 11 is 0. The lowest BCUT2D eigenvalue weighted by Gasteiger charge is -2.27. The maximum Gasteiger partial charge on any atom is 0.326 e. The van der Waals surface area contributed by atoms with Crippen molar-refractivity contribution < 1.29 is 14.7 Å². The van der Waals surface area contributed by atoms with Crippen molar-refractivity contribution in [2.45, 2.75) is 46.2 Å². The summed E-state index contributed by atoms with van der Waals surface area (Å²) in [5.41, 5.74) is 0. The highest BCUT2D eigenvalue weighted by atomic mass is 16.4. The highest BCUT2D eigenvalue weighted by molar-refractivity contribution is 5.82. The quantitative estimate of drug-likeness (QED) is 0.752. The Labute approximate surface area is 96.8 Å². The van der Waals surface area contributed by atoms with Crippen LogP contribution < -0.4 is 5.32 Å². The summed E-state index contributed by atoms with van der Waals surface area (Å²) in [6, 6.07) is -1.07. The Morgan fingerprint density at radius 2 is 1.81 bits per heavy atom. The molecule has 0 aliphatic carbocycles. The molecule has 0 fully saturated rings. The van der Waals surface area contributed by atoms with Crippen LogP contribution in [0.15, 0.2) is 0 Å². The molecule has 0 rings (SSSR count). The van der Waals surface area contributed by atoms with Crippen LogP contribution in [0.5, 0.6) is 0 Å². The van der Waals surface area contributed by atoms with Gasteiger partial charge in [0, 0.05) is 13.1 Å². The standard InChI is InChI=1S/C11H22N2O3/c1-6-8(4)13(5)11(16)12-9(7(2)3)10(14)15/h7-9H,6H2,1-5H3,(H,12,16)(H,14,15)/t8?,9-/m0/s1. The maximum absolute atomic E-state index is 11.7. The Balaban J connectivity index is 4.46. The van der Waals surface area contributed by atoms with Crippen LogP contribution in [0.2, 0.25) is 0 Å². The molecule has 0 heterocycles. The molecular formula is C11H22N2O3. The number of carbonyl (C=O) groups excluding carboxylic acids is 1. The fourth-order valence-electron chi connectivity index (χ4n) is 1.22. The molecule has 0 saturated carbocycles. The molecule has 16 heavy (non-hydrogen) atoms. The van der Waals surface area contributed by atoms with E-state index in [1.165, 1.54) is 4.90 Å². The fourth-order valence-corrected chi connectivity index (χ4v) is 1.22. The fraction of sp³-hybridized carbons (Fsp3) is 0.818. The van der Waals surface area contributed by atoms with E-state index in [0.717, 1.165) is 6.42 Å². The average Bonchev–Trinajstić information content (AvgIpc) is 2.22. The zero-order chi connectivity index (χ0) is 12.9. The third-order valence-electron chi connectivity index (χ3n) is 2.78. The lowest BCUT2D eigenvalue weighted by atomic mass is 10.1. The lowest BCUT2D eigenvalue weighted by Crippen LogP contribution is -2.51. The van der Waals surface area contributed by atoms with Gasteiger partial charge in [0.25, 0.3) is 0 Å². The number of amides is 2. The molecule has 0 aromatic rings. The molecule has 1 unspecified atom stereocenters. The van der Waals surface area contributed by atoms with Gasteiger partial charge in [0.2, 0.25) is 0 Å². The van der Waals surface area contributed by atoms with Crippen LogP contribution in [0, 0.1) is 5.92 Å². The number of nitrogens with one attached hydrogen (secondary N) is 1. The predicted octanol–water partition coefficient (Wildman–Crippen LogP) is 1.54. The van der Waals surface area contributed by atoms with E-state index in [1.54, 1.807) is 20.9 Å². The molecule has 5 nitrogen and oxygen atoms in total. The second kappa shape index (κ2) is 6.35. The van der Waals surface area contributed by atoms with Crippen molar-refractivity contribution in [3.8, 4) is 0 Å². The first-order valence-electron chi connectivity index (χ1n) is 5.57. The van der Waals surface area contributed by atoms with Crippen molar-refractivity contribution >= 4 is 12.0 Å². The Morgan fingerprint density at radius 3 is 2.12 bits per heavy atom. The van der Waals surface area contributed by atoms with E-state index >= 15 is 0 Å². The molecule has 0 bridgehead atoms. The van der Waals surface area contributed by atoms with E-state index in [-0.39, 0.29) is 18.0 Å². The summed E-state index contributed by atoms with van der Waals surface area (Å²) in [5.74, 6) is -1.13. The first kappa shape index (κ1) is 14.7. The Hall–Kier alpha value is -1.26. The zero-order valence-electron chi connectivity index (χ0n) is 10.7. The van der Waals surface area contributed by atoms with Gasteiger partial charge in [-0.2, -0.15) is 0 Å². The summed E-state index contributed by atoms with van der Waals surface area (Å²) in [6.45, 7) is 7.43. The highest BCUT2D eigenvalue weighted by Gasteiger charge is 2.25. The van der Waals surface area contributed by atoms with E-state index in [2.05, 4.69) is 5.32 Å². The van der Waals surface area contributed by atoms with Crippen LogP contribution in [0.25, 0.3) is 0 Å². The molecule has 2 amide bonds. The first-order valence-corrected chi connectivity index (χ1v) is 5.57. The normalized spacial score (nSPS) is 14.4. The van der Waals surface area contributed by atoms with Gasteiger partial charge in [0.15, 0.2) is 0 Å². The first-order chi connectivity index (χ1) is 7.31. The van der Waals surface area contributed by atoms with E-state index in [4.69, 9.17) is 5.11 Å². The summed E-state index contributed by atoms with van der Waals surface area (Å²) in [4.78, 5) is 24.1. The number of carboxylic acid groups (broad SMARTS) is 1. The number of aliphatic carboxylic acids is 1. The third kappa shape index (κ3) is 4.08. The van der Waals surface area contributed by atoms with Crippen LogP contribution in [-0.4, -0.2) is 41.1 Å². The van der Waals surface area contributed by atoms with Crippen molar-refractivity contribution in [1.29, 1.82) is 0 Å². The van der Waals surface area contributed by atoms with Crippen molar-refractivity contribution in [2.24, 2.45) is 5.92 Å². The monoisotopic (exact) mass is 230 g/mol. The third-order valence-corrected chi connectivity index (χ3v) is 2.78. The second-order valence-corrected chi connectivity index (χ2v) is 4.38. The van der Waals surface area contributed by atoms with Gasteiger partial charge >= 0.3 is 12.0 Å². The van der Waals surface area contributed by atoms with Gasteiger partial charge in [-0.05, 0) is 19.3 Å². The van der Waals surface area contributed by atoms with Gasteiger partial charge in [0.1, 0.15) is 6.04 Å². The molecule has 0 spiro atoms. The topological polar surface area (TPSA) is 69.6 Å². The van der Waals surface area contributed by atoms with Gasteiger partial charge in [-0.3, -0.25) is 0 Å². The number of urea groups is 1. The van der Waals surface area contributed by atoms with Crippen LogP contribution in [-0.2, 0) is 4.79 Å². The van der Waals surface area contributed by atoms with Crippen molar-refractivity contribution in [2.75, 3.05) is 7.05 Å². The summed E-state index contributed by atoms with van der Waals surface area (Å²) in [6.07, 6.45) is 0.837. The Bertz CT molecular complexity index is 254. The minimum atomic E-state index is -0.999. The second-order valence-electron chi connectivity index (χ2n) is 4.38. The minimum absolute atomic E-state index is 0.0987. The number of rotatable bonds is 5. The van der Waals surface area contributed by atoms with Crippen molar-refractivity contribution in [1.82, 2.24) is 10.2 Å². The van der Waals surface area contributed by atoms with E-state index in [0.29, 0.717) is 0 Å². The van der Waals surface area contributed by atoms with Crippen molar-refractivity contribution in [3.63, 3.8) is 0 Å². The smallest absolute Gasteiger partial charge is 0.326 e.